The number of carbonyl (C=O) groups is 2. The van der Waals surface area contributed by atoms with Crippen molar-refractivity contribution < 1.29 is 32.2 Å². The molecule has 1 aromatic carbocycles. The first kappa shape index (κ1) is 17.5. The Balaban J connectivity index is 3.33. The molecule has 0 bridgehead atoms. The van der Waals surface area contributed by atoms with E-state index in [2.05, 4.69) is 20.7 Å². The van der Waals surface area contributed by atoms with E-state index in [1.54, 1.807) is 0 Å². The average Bonchev–Trinajstić information content (AvgIpc) is 2.37. The molecule has 0 aliphatic rings. The molecule has 0 spiro atoms. The van der Waals surface area contributed by atoms with Crippen LogP contribution in [0.3, 0.4) is 0 Å². The molecule has 0 amide bonds. The fraction of sp³-hybridized carbons (Fsp3) is 0.385. The Labute approximate surface area is 127 Å². The Hall–Kier alpha value is -1.57. The molecule has 0 fully saturated rings. The quantitative estimate of drug-likeness (QED) is 0.436. The van der Waals surface area contributed by atoms with Crippen LogP contribution in [0, 0.1) is 0 Å². The van der Waals surface area contributed by atoms with Crippen molar-refractivity contribution in [1.82, 2.24) is 0 Å². The minimum Gasteiger partial charge on any atom is -0.462 e. The zero-order valence-electron chi connectivity index (χ0n) is 11.0. The van der Waals surface area contributed by atoms with E-state index in [4.69, 9.17) is 4.74 Å². The fourth-order valence-corrected chi connectivity index (χ4v) is 1.97. The molecule has 1 aromatic rings. The topological polar surface area (TPSA) is 52.6 Å². The van der Waals surface area contributed by atoms with Crippen molar-refractivity contribution in [2.45, 2.75) is 19.7 Å². The average molecular weight is 369 g/mol. The Morgan fingerprint density at radius 2 is 1.95 bits per heavy atom. The second-order valence-corrected chi connectivity index (χ2v) is 4.60. The largest absolute Gasteiger partial charge is 0.573 e. The molecule has 0 aliphatic heterocycles. The molecular formula is C13H12BrF3O4. The van der Waals surface area contributed by atoms with Crippen LogP contribution in [0.4, 0.5) is 13.2 Å². The van der Waals surface area contributed by atoms with Gasteiger partial charge in [-0.2, -0.15) is 0 Å². The number of hydrogen-bond acceptors (Lipinski definition) is 4. The third-order valence-corrected chi connectivity index (χ3v) is 2.75. The maximum absolute atomic E-state index is 12.4. The molecule has 8 heteroatoms. The summed E-state index contributed by atoms with van der Waals surface area (Å²) in [4.78, 5) is 23.8. The predicted molar refractivity (Wildman–Crippen MR) is 71.8 cm³/mol. The van der Waals surface area contributed by atoms with Crippen molar-refractivity contribution >= 4 is 27.7 Å². The smallest absolute Gasteiger partial charge is 0.462 e. The zero-order chi connectivity index (χ0) is 16.0. The molecule has 0 radical (unpaired) electrons. The molecule has 1 rings (SSSR count). The lowest BCUT2D eigenvalue weighted by Gasteiger charge is -2.15. The van der Waals surface area contributed by atoms with Crippen LogP contribution in [0.15, 0.2) is 18.2 Å². The van der Waals surface area contributed by atoms with E-state index in [-0.39, 0.29) is 18.6 Å². The summed E-state index contributed by atoms with van der Waals surface area (Å²) in [7, 11) is 0. The van der Waals surface area contributed by atoms with Gasteiger partial charge in [-0.15, -0.1) is 13.2 Å². The van der Waals surface area contributed by atoms with Crippen LogP contribution in [0.2, 0.25) is 0 Å². The molecule has 0 heterocycles. The Bertz CT molecular complexity index is 529. The monoisotopic (exact) mass is 368 g/mol. The first-order valence-electron chi connectivity index (χ1n) is 5.95. The van der Waals surface area contributed by atoms with Crippen molar-refractivity contribution in [3.8, 4) is 5.75 Å². The molecule has 0 saturated carbocycles. The van der Waals surface area contributed by atoms with Gasteiger partial charge in [-0.05, 0) is 13.0 Å². The highest BCUT2D eigenvalue weighted by atomic mass is 79.9. The second kappa shape index (κ2) is 7.44. The number of carbonyl (C=O) groups excluding carboxylic acids is 2. The van der Waals surface area contributed by atoms with Crippen LogP contribution in [0.1, 0.15) is 34.1 Å². The Morgan fingerprint density at radius 3 is 2.48 bits per heavy atom. The summed E-state index contributed by atoms with van der Waals surface area (Å²) in [6.45, 7) is 1.47. The number of rotatable bonds is 6. The first-order valence-corrected chi connectivity index (χ1v) is 7.07. The van der Waals surface area contributed by atoms with Crippen molar-refractivity contribution in [2.75, 3.05) is 11.9 Å². The highest BCUT2D eigenvalue weighted by Gasteiger charge is 2.34. The van der Waals surface area contributed by atoms with Crippen molar-refractivity contribution in [2.24, 2.45) is 0 Å². The minimum atomic E-state index is -4.97. The van der Waals surface area contributed by atoms with E-state index < -0.39 is 29.4 Å². The summed E-state index contributed by atoms with van der Waals surface area (Å²) in [5.41, 5.74) is -0.669. The van der Waals surface area contributed by atoms with Gasteiger partial charge in [0.25, 0.3) is 0 Å². The molecule has 0 aliphatic carbocycles. The van der Waals surface area contributed by atoms with E-state index in [1.165, 1.54) is 19.1 Å². The normalized spacial score (nSPS) is 11.1. The predicted octanol–water partition coefficient (Wildman–Crippen LogP) is 3.73. The Morgan fingerprint density at radius 1 is 1.29 bits per heavy atom. The molecule has 0 aromatic heterocycles. The van der Waals surface area contributed by atoms with E-state index in [9.17, 15) is 22.8 Å². The van der Waals surface area contributed by atoms with Crippen LogP contribution in [-0.4, -0.2) is 30.1 Å². The van der Waals surface area contributed by atoms with E-state index in [1.807, 2.05) is 0 Å². The number of halogens is 4. The number of benzene rings is 1. The molecule has 4 nitrogen and oxygen atoms in total. The van der Waals surface area contributed by atoms with Gasteiger partial charge in [0.05, 0.1) is 6.61 Å². The molecular weight excluding hydrogens is 357 g/mol. The number of hydrogen-bond donors (Lipinski definition) is 0. The summed E-state index contributed by atoms with van der Waals surface area (Å²) in [6, 6.07) is 3.44. The van der Waals surface area contributed by atoms with Crippen molar-refractivity contribution in [3.63, 3.8) is 0 Å². The molecule has 0 saturated heterocycles. The van der Waals surface area contributed by atoms with Crippen LogP contribution in [-0.2, 0) is 4.74 Å². The second-order valence-electron chi connectivity index (χ2n) is 3.81. The maximum atomic E-state index is 12.4. The van der Waals surface area contributed by atoms with Crippen LogP contribution in [0.25, 0.3) is 0 Å². The van der Waals surface area contributed by atoms with E-state index in [0.717, 1.165) is 6.07 Å². The van der Waals surface area contributed by atoms with Gasteiger partial charge >= 0.3 is 12.3 Å². The molecule has 21 heavy (non-hydrogen) atoms. The lowest BCUT2D eigenvalue weighted by atomic mass is 10.0. The summed E-state index contributed by atoms with van der Waals surface area (Å²) < 4.78 is 45.7. The zero-order valence-corrected chi connectivity index (χ0v) is 12.6. The summed E-state index contributed by atoms with van der Waals surface area (Å²) in [5.74, 6) is -2.26. The summed E-state index contributed by atoms with van der Waals surface area (Å²) in [6.07, 6.45) is -4.94. The van der Waals surface area contributed by atoms with Gasteiger partial charge in [-0.25, -0.2) is 4.79 Å². The standard InChI is InChI=1S/C13H12BrF3O4/c1-2-20-12(19)11-8(9(18)6-7-14)4-3-5-10(11)21-13(15,16)17/h3-5H,2,6-7H2,1H3. The molecule has 0 unspecified atom stereocenters. The van der Waals surface area contributed by atoms with Crippen LogP contribution < -0.4 is 4.74 Å². The van der Waals surface area contributed by atoms with Gasteiger partial charge in [-0.3, -0.25) is 4.79 Å². The third-order valence-electron chi connectivity index (χ3n) is 2.35. The fourth-order valence-electron chi connectivity index (χ4n) is 1.61. The first-order chi connectivity index (χ1) is 9.80. The summed E-state index contributed by atoms with van der Waals surface area (Å²) in [5, 5.41) is 0.318. The van der Waals surface area contributed by atoms with Gasteiger partial charge in [0.15, 0.2) is 5.78 Å². The van der Waals surface area contributed by atoms with Gasteiger partial charge in [-0.1, -0.05) is 28.1 Å². The number of ether oxygens (including phenoxy) is 2. The third kappa shape index (κ3) is 5.04. The lowest BCUT2D eigenvalue weighted by molar-refractivity contribution is -0.274. The van der Waals surface area contributed by atoms with Crippen LogP contribution in [0.5, 0.6) is 5.75 Å². The number of ketones is 1. The number of alkyl halides is 4. The minimum absolute atomic E-state index is 0.0296. The van der Waals surface area contributed by atoms with Gasteiger partial charge in [0.1, 0.15) is 11.3 Å². The molecule has 0 atom stereocenters. The summed E-state index contributed by atoms with van der Waals surface area (Å²) >= 11 is 3.06. The molecule has 116 valence electrons. The van der Waals surface area contributed by atoms with Crippen molar-refractivity contribution in [3.05, 3.63) is 29.3 Å². The SMILES string of the molecule is CCOC(=O)c1c(OC(F)(F)F)cccc1C(=O)CCBr. The van der Waals surface area contributed by atoms with Gasteiger partial charge < -0.3 is 9.47 Å². The van der Waals surface area contributed by atoms with Gasteiger partial charge in [0, 0.05) is 17.3 Å². The highest BCUT2D eigenvalue weighted by molar-refractivity contribution is 9.09. The Kier molecular flexibility index (Phi) is 6.19. The van der Waals surface area contributed by atoms with Crippen molar-refractivity contribution in [1.29, 1.82) is 0 Å². The maximum Gasteiger partial charge on any atom is 0.573 e. The molecule has 0 N–H and O–H groups in total. The number of Topliss-reactive ketones (excluding diaryl/α,β-unsaturated/α-hetero) is 1. The highest BCUT2D eigenvalue weighted by Crippen LogP contribution is 2.30. The van der Waals surface area contributed by atoms with Crippen LogP contribution >= 0.6 is 15.9 Å². The van der Waals surface area contributed by atoms with E-state index in [0.29, 0.717) is 5.33 Å². The number of esters is 1. The van der Waals surface area contributed by atoms with E-state index >= 15 is 0 Å². The lowest BCUT2D eigenvalue weighted by Crippen LogP contribution is -2.21. The van der Waals surface area contributed by atoms with Gasteiger partial charge in [0.2, 0.25) is 0 Å².